The molecule has 31 heavy (non-hydrogen) atoms. The monoisotopic (exact) mass is 442 g/mol. The molecule has 0 fully saturated rings. The van der Waals surface area contributed by atoms with Crippen molar-refractivity contribution >= 4 is 15.9 Å². The maximum Gasteiger partial charge on any atom is 0.252 e. The Hall–Kier alpha value is -3.17. The smallest absolute Gasteiger partial charge is 0.252 e. The second kappa shape index (κ2) is 8.91. The summed E-state index contributed by atoms with van der Waals surface area (Å²) in [7, 11) is 2.68. The van der Waals surface area contributed by atoms with Crippen LogP contribution in [-0.2, 0) is 17.1 Å². The van der Waals surface area contributed by atoms with Crippen molar-refractivity contribution in [1.82, 2.24) is 19.2 Å². The SMILES string of the molecule is COc1ccc(C(NC(=O)c2cc(S(=O)(=O)N(C)C)ccc2C)c2nccn2C)cc1. The summed E-state index contributed by atoms with van der Waals surface area (Å²) in [6.45, 7) is 1.77. The van der Waals surface area contributed by atoms with Crippen LogP contribution in [0.15, 0.2) is 59.8 Å². The van der Waals surface area contributed by atoms with E-state index in [2.05, 4.69) is 10.3 Å². The first-order chi connectivity index (χ1) is 14.6. The molecule has 0 bridgehead atoms. The molecule has 1 N–H and O–H groups in total. The molecule has 2 aromatic carbocycles. The summed E-state index contributed by atoms with van der Waals surface area (Å²) in [5.74, 6) is 0.955. The highest BCUT2D eigenvalue weighted by Crippen LogP contribution is 2.25. The summed E-state index contributed by atoms with van der Waals surface area (Å²) in [6, 6.07) is 11.3. The first-order valence-corrected chi connectivity index (χ1v) is 11.0. The van der Waals surface area contributed by atoms with Gasteiger partial charge in [0.25, 0.3) is 5.91 Å². The fourth-order valence-electron chi connectivity index (χ4n) is 3.17. The number of imidazole rings is 1. The Morgan fingerprint density at radius 2 is 1.84 bits per heavy atom. The van der Waals surface area contributed by atoms with Gasteiger partial charge in [-0.05, 0) is 42.3 Å². The van der Waals surface area contributed by atoms with Gasteiger partial charge in [0.15, 0.2) is 0 Å². The van der Waals surface area contributed by atoms with Crippen LogP contribution in [0.1, 0.15) is 33.4 Å². The van der Waals surface area contributed by atoms with Crippen LogP contribution in [0.3, 0.4) is 0 Å². The Kier molecular flexibility index (Phi) is 6.47. The van der Waals surface area contributed by atoms with Gasteiger partial charge in [-0.15, -0.1) is 0 Å². The molecule has 1 unspecified atom stereocenters. The number of carbonyl (C=O) groups is 1. The second-order valence-corrected chi connectivity index (χ2v) is 9.49. The van der Waals surface area contributed by atoms with Crippen LogP contribution < -0.4 is 10.1 Å². The zero-order chi connectivity index (χ0) is 22.8. The summed E-state index contributed by atoms with van der Waals surface area (Å²) in [5.41, 5.74) is 1.78. The number of nitrogens with zero attached hydrogens (tertiary/aromatic N) is 3. The molecule has 0 aliphatic rings. The normalized spacial score (nSPS) is 12.6. The summed E-state index contributed by atoms with van der Waals surface area (Å²) in [4.78, 5) is 17.7. The topological polar surface area (TPSA) is 93.5 Å². The highest BCUT2D eigenvalue weighted by molar-refractivity contribution is 7.89. The minimum atomic E-state index is -3.66. The van der Waals surface area contributed by atoms with E-state index in [9.17, 15) is 13.2 Å². The third-order valence-electron chi connectivity index (χ3n) is 5.07. The molecule has 1 atom stereocenters. The van der Waals surface area contributed by atoms with Gasteiger partial charge in [-0.25, -0.2) is 17.7 Å². The van der Waals surface area contributed by atoms with Crippen molar-refractivity contribution in [2.45, 2.75) is 17.9 Å². The summed E-state index contributed by atoms with van der Waals surface area (Å²) in [6.07, 6.45) is 3.46. The number of amides is 1. The third kappa shape index (κ3) is 4.62. The number of nitrogens with one attached hydrogen (secondary N) is 1. The van der Waals surface area contributed by atoms with Crippen molar-refractivity contribution in [2.24, 2.45) is 7.05 Å². The van der Waals surface area contributed by atoms with Crippen molar-refractivity contribution in [3.63, 3.8) is 0 Å². The lowest BCUT2D eigenvalue weighted by molar-refractivity contribution is 0.0940. The molecular formula is C22H26N4O4S. The van der Waals surface area contributed by atoms with E-state index in [0.29, 0.717) is 17.1 Å². The highest BCUT2D eigenvalue weighted by atomic mass is 32.2. The Morgan fingerprint density at radius 1 is 1.16 bits per heavy atom. The lowest BCUT2D eigenvalue weighted by Gasteiger charge is -2.20. The van der Waals surface area contributed by atoms with Crippen LogP contribution in [0, 0.1) is 6.92 Å². The quantitative estimate of drug-likeness (QED) is 0.607. The molecule has 1 aromatic heterocycles. The molecule has 1 heterocycles. The minimum Gasteiger partial charge on any atom is -0.497 e. The van der Waals surface area contributed by atoms with Crippen LogP contribution in [0.2, 0.25) is 0 Å². The Labute approximate surface area is 182 Å². The van der Waals surface area contributed by atoms with Crippen molar-refractivity contribution in [2.75, 3.05) is 21.2 Å². The van der Waals surface area contributed by atoms with Crippen molar-refractivity contribution in [3.8, 4) is 5.75 Å². The number of aromatic nitrogens is 2. The second-order valence-electron chi connectivity index (χ2n) is 7.34. The third-order valence-corrected chi connectivity index (χ3v) is 6.88. The Morgan fingerprint density at radius 3 is 2.39 bits per heavy atom. The van der Waals surface area contributed by atoms with E-state index in [0.717, 1.165) is 9.87 Å². The molecule has 3 rings (SSSR count). The predicted octanol–water partition coefficient (Wildman–Crippen LogP) is 2.51. The molecule has 1 amide bonds. The van der Waals surface area contributed by atoms with Gasteiger partial charge in [0.1, 0.15) is 17.6 Å². The van der Waals surface area contributed by atoms with E-state index in [1.54, 1.807) is 32.5 Å². The Balaban J connectivity index is 2.00. The van der Waals surface area contributed by atoms with Crippen LogP contribution >= 0.6 is 0 Å². The fourth-order valence-corrected chi connectivity index (χ4v) is 4.10. The van der Waals surface area contributed by atoms with Gasteiger partial charge < -0.3 is 14.6 Å². The number of ether oxygens (including phenoxy) is 1. The molecule has 0 radical (unpaired) electrons. The van der Waals surface area contributed by atoms with Gasteiger partial charge in [-0.3, -0.25) is 4.79 Å². The predicted molar refractivity (Wildman–Crippen MR) is 118 cm³/mol. The van der Waals surface area contributed by atoms with Gasteiger partial charge >= 0.3 is 0 Å². The molecule has 0 saturated carbocycles. The zero-order valence-electron chi connectivity index (χ0n) is 18.2. The van der Waals surface area contributed by atoms with Gasteiger partial charge in [-0.1, -0.05) is 18.2 Å². The summed E-state index contributed by atoms with van der Waals surface area (Å²) < 4.78 is 33.2. The van der Waals surface area contributed by atoms with Crippen molar-refractivity contribution in [1.29, 1.82) is 0 Å². The van der Waals surface area contributed by atoms with Gasteiger partial charge in [-0.2, -0.15) is 0 Å². The molecular weight excluding hydrogens is 416 g/mol. The summed E-state index contributed by atoms with van der Waals surface area (Å²) >= 11 is 0. The van der Waals surface area contributed by atoms with Crippen LogP contribution in [0.5, 0.6) is 5.75 Å². The van der Waals surface area contributed by atoms with Gasteiger partial charge in [0.2, 0.25) is 10.0 Å². The highest BCUT2D eigenvalue weighted by Gasteiger charge is 2.24. The molecule has 9 heteroatoms. The standard InChI is InChI=1S/C22H26N4O4S/c1-15-6-11-18(31(28,29)25(2)3)14-19(15)22(27)24-20(21-23-12-13-26(21)4)16-7-9-17(30-5)10-8-16/h6-14,20H,1-5H3,(H,24,27). The van der Waals surface area contributed by atoms with E-state index < -0.39 is 22.0 Å². The number of aryl methyl sites for hydroxylation is 2. The molecule has 3 aromatic rings. The number of sulfonamides is 1. The molecule has 164 valence electrons. The van der Waals surface area contributed by atoms with Gasteiger partial charge in [0, 0.05) is 39.1 Å². The number of hydrogen-bond donors (Lipinski definition) is 1. The number of rotatable bonds is 7. The van der Waals surface area contributed by atoms with Gasteiger partial charge in [0.05, 0.1) is 12.0 Å². The molecule has 0 saturated heterocycles. The number of methoxy groups -OCH3 is 1. The maximum absolute atomic E-state index is 13.2. The average molecular weight is 443 g/mol. The Bertz CT molecular complexity index is 1180. The van der Waals surface area contributed by atoms with E-state index in [-0.39, 0.29) is 10.5 Å². The largest absolute Gasteiger partial charge is 0.497 e. The maximum atomic E-state index is 13.2. The molecule has 0 aliphatic carbocycles. The van der Waals surface area contributed by atoms with E-state index in [1.165, 1.54) is 26.2 Å². The molecule has 0 aliphatic heterocycles. The summed E-state index contributed by atoms with van der Waals surface area (Å²) in [5, 5.41) is 3.01. The molecule has 0 spiro atoms. The van der Waals surface area contributed by atoms with Crippen LogP contribution in [-0.4, -0.2) is 49.4 Å². The molecule has 8 nitrogen and oxygen atoms in total. The lowest BCUT2D eigenvalue weighted by Crippen LogP contribution is -2.32. The number of benzene rings is 2. The van der Waals surface area contributed by atoms with E-state index >= 15 is 0 Å². The average Bonchev–Trinajstić information content (AvgIpc) is 3.17. The van der Waals surface area contributed by atoms with Crippen LogP contribution in [0.25, 0.3) is 0 Å². The fraction of sp³-hybridized carbons (Fsp3) is 0.273. The van der Waals surface area contributed by atoms with E-state index in [4.69, 9.17) is 4.74 Å². The minimum absolute atomic E-state index is 0.0613. The first-order valence-electron chi connectivity index (χ1n) is 9.60. The number of carbonyl (C=O) groups excluding carboxylic acids is 1. The number of hydrogen-bond acceptors (Lipinski definition) is 5. The van der Waals surface area contributed by atoms with Crippen molar-refractivity contribution in [3.05, 3.63) is 77.4 Å². The zero-order valence-corrected chi connectivity index (χ0v) is 19.0. The first kappa shape index (κ1) is 22.5. The lowest BCUT2D eigenvalue weighted by atomic mass is 10.0. The van der Waals surface area contributed by atoms with Crippen LogP contribution in [0.4, 0.5) is 0 Å². The van der Waals surface area contributed by atoms with E-state index in [1.807, 2.05) is 35.9 Å². The van der Waals surface area contributed by atoms with Crippen molar-refractivity contribution < 1.29 is 17.9 Å².